The van der Waals surface area contributed by atoms with Gasteiger partial charge in [0.2, 0.25) is 0 Å². The number of aromatic amines is 1. The maximum absolute atomic E-state index is 12.6. The van der Waals surface area contributed by atoms with Crippen LogP contribution in [-0.2, 0) is 6.42 Å². The molecule has 0 aliphatic carbocycles. The SMILES string of the molecule is COc1cc2nc(Cc3cc4cccc(C#N)c4nc3C)[nH]c(=O)c2cc1OC. The fourth-order valence-corrected chi connectivity index (χ4v) is 3.38. The molecule has 0 spiro atoms. The molecule has 0 fully saturated rings. The summed E-state index contributed by atoms with van der Waals surface area (Å²) in [6.07, 6.45) is 0.408. The molecule has 2 heterocycles. The fraction of sp³-hybridized carbons (Fsp3) is 0.182. The number of benzene rings is 2. The zero-order valence-electron chi connectivity index (χ0n) is 16.2. The standard InChI is InChI=1S/C22H18N4O3/c1-12-15(7-13-5-4-6-14(11-23)21(13)24-12)8-20-25-17-10-19(29-3)18(28-2)9-16(17)22(27)26-20/h4-7,9-10H,8H2,1-3H3,(H,25,26,27). The maximum Gasteiger partial charge on any atom is 0.258 e. The van der Waals surface area contributed by atoms with Gasteiger partial charge in [-0.3, -0.25) is 9.78 Å². The molecule has 0 saturated heterocycles. The summed E-state index contributed by atoms with van der Waals surface area (Å²) in [7, 11) is 3.06. The molecule has 0 radical (unpaired) electrons. The van der Waals surface area contributed by atoms with Crippen LogP contribution in [0.25, 0.3) is 21.8 Å². The number of H-pyrrole nitrogens is 1. The first-order chi connectivity index (χ1) is 14.0. The number of aromatic nitrogens is 3. The molecule has 0 aliphatic rings. The molecule has 1 N–H and O–H groups in total. The fourth-order valence-electron chi connectivity index (χ4n) is 3.38. The molecule has 7 heteroatoms. The van der Waals surface area contributed by atoms with Gasteiger partial charge >= 0.3 is 0 Å². The highest BCUT2D eigenvalue weighted by Crippen LogP contribution is 2.30. The number of hydrogen-bond donors (Lipinski definition) is 1. The lowest BCUT2D eigenvalue weighted by Crippen LogP contribution is -2.13. The quantitative estimate of drug-likeness (QED) is 0.578. The van der Waals surface area contributed by atoms with E-state index in [-0.39, 0.29) is 5.56 Å². The monoisotopic (exact) mass is 386 g/mol. The number of nitrogens with zero attached hydrogens (tertiary/aromatic N) is 3. The summed E-state index contributed by atoms with van der Waals surface area (Å²) < 4.78 is 10.6. The van der Waals surface area contributed by atoms with E-state index in [9.17, 15) is 10.1 Å². The van der Waals surface area contributed by atoms with E-state index in [1.807, 2.05) is 25.1 Å². The Morgan fingerprint density at radius 1 is 1.10 bits per heavy atom. The molecular weight excluding hydrogens is 368 g/mol. The van der Waals surface area contributed by atoms with Crippen molar-refractivity contribution in [1.29, 1.82) is 5.26 Å². The first kappa shape index (κ1) is 18.4. The second-order valence-electron chi connectivity index (χ2n) is 6.64. The number of hydrogen-bond acceptors (Lipinski definition) is 6. The Morgan fingerprint density at radius 3 is 2.59 bits per heavy atom. The minimum atomic E-state index is -0.246. The minimum absolute atomic E-state index is 0.246. The largest absolute Gasteiger partial charge is 0.493 e. The van der Waals surface area contributed by atoms with E-state index in [0.717, 1.165) is 16.6 Å². The molecule has 2 aromatic heterocycles. The molecule has 7 nitrogen and oxygen atoms in total. The van der Waals surface area contributed by atoms with E-state index in [2.05, 4.69) is 21.0 Å². The van der Waals surface area contributed by atoms with E-state index in [1.165, 1.54) is 14.2 Å². The van der Waals surface area contributed by atoms with Crippen molar-refractivity contribution in [2.24, 2.45) is 0 Å². The molecule has 29 heavy (non-hydrogen) atoms. The highest BCUT2D eigenvalue weighted by molar-refractivity contribution is 5.85. The van der Waals surface area contributed by atoms with Crippen molar-refractivity contribution < 1.29 is 9.47 Å². The number of rotatable bonds is 4. The van der Waals surface area contributed by atoms with Gasteiger partial charge < -0.3 is 14.5 Å². The summed E-state index contributed by atoms with van der Waals surface area (Å²) in [5.74, 6) is 1.51. The Hall–Kier alpha value is -3.92. The number of ether oxygens (including phenoxy) is 2. The lowest BCUT2D eigenvalue weighted by Gasteiger charge is -2.11. The lowest BCUT2D eigenvalue weighted by molar-refractivity contribution is 0.355. The van der Waals surface area contributed by atoms with Crippen molar-refractivity contribution in [2.75, 3.05) is 14.2 Å². The highest BCUT2D eigenvalue weighted by atomic mass is 16.5. The third-order valence-electron chi connectivity index (χ3n) is 4.88. The van der Waals surface area contributed by atoms with Crippen molar-refractivity contribution in [3.63, 3.8) is 0 Å². The van der Waals surface area contributed by atoms with E-state index < -0.39 is 0 Å². The summed E-state index contributed by atoms with van der Waals surface area (Å²) in [4.78, 5) is 24.6. The topological polar surface area (TPSA) is 101 Å². The number of nitriles is 1. The smallest absolute Gasteiger partial charge is 0.258 e. The molecule has 144 valence electrons. The Morgan fingerprint density at radius 2 is 1.86 bits per heavy atom. The molecule has 2 aromatic carbocycles. The van der Waals surface area contributed by atoms with Crippen LogP contribution in [0.4, 0.5) is 0 Å². The molecule has 4 aromatic rings. The van der Waals surface area contributed by atoms with Crippen LogP contribution >= 0.6 is 0 Å². The van der Waals surface area contributed by atoms with Gasteiger partial charge in [0.25, 0.3) is 5.56 Å². The first-order valence-electron chi connectivity index (χ1n) is 8.98. The van der Waals surface area contributed by atoms with Crippen molar-refractivity contribution in [3.8, 4) is 17.6 Å². The Bertz CT molecular complexity index is 1350. The molecular formula is C22H18N4O3. The average molecular weight is 386 g/mol. The maximum atomic E-state index is 12.6. The molecule has 0 bridgehead atoms. The van der Waals surface area contributed by atoms with Crippen LogP contribution < -0.4 is 15.0 Å². The first-order valence-corrected chi connectivity index (χ1v) is 8.98. The third-order valence-corrected chi connectivity index (χ3v) is 4.88. The van der Waals surface area contributed by atoms with Gasteiger partial charge in [-0.2, -0.15) is 5.26 Å². The van der Waals surface area contributed by atoms with Crippen molar-refractivity contribution >= 4 is 21.8 Å². The normalized spacial score (nSPS) is 10.8. The minimum Gasteiger partial charge on any atom is -0.493 e. The third kappa shape index (κ3) is 3.25. The van der Waals surface area contributed by atoms with Crippen molar-refractivity contribution in [3.05, 3.63) is 69.4 Å². The van der Waals surface area contributed by atoms with Gasteiger partial charge in [0.15, 0.2) is 11.5 Å². The van der Waals surface area contributed by atoms with Crippen LogP contribution in [0.5, 0.6) is 11.5 Å². The predicted octanol–water partition coefficient (Wildman–Crippen LogP) is 3.26. The van der Waals surface area contributed by atoms with E-state index >= 15 is 0 Å². The highest BCUT2D eigenvalue weighted by Gasteiger charge is 2.13. The van der Waals surface area contributed by atoms with Gasteiger partial charge in [0, 0.05) is 23.6 Å². The zero-order valence-corrected chi connectivity index (χ0v) is 16.2. The average Bonchev–Trinajstić information content (AvgIpc) is 2.73. The van der Waals surface area contributed by atoms with Gasteiger partial charge in [-0.25, -0.2) is 4.98 Å². The van der Waals surface area contributed by atoms with Crippen LogP contribution in [0.3, 0.4) is 0 Å². The van der Waals surface area contributed by atoms with E-state index in [4.69, 9.17) is 9.47 Å². The predicted molar refractivity (Wildman–Crippen MR) is 109 cm³/mol. The molecule has 0 unspecified atom stereocenters. The molecule has 0 saturated carbocycles. The van der Waals surface area contributed by atoms with Gasteiger partial charge in [-0.05, 0) is 30.7 Å². The van der Waals surface area contributed by atoms with E-state index in [1.54, 1.807) is 18.2 Å². The van der Waals surface area contributed by atoms with Crippen LogP contribution in [0, 0.1) is 18.3 Å². The number of para-hydroxylation sites is 1. The summed E-state index contributed by atoms with van der Waals surface area (Å²) in [6.45, 7) is 1.88. The van der Waals surface area contributed by atoms with Crippen LogP contribution in [0.1, 0.15) is 22.6 Å². The summed E-state index contributed by atoms with van der Waals surface area (Å²) in [6, 6.07) is 13.0. The second-order valence-corrected chi connectivity index (χ2v) is 6.64. The summed E-state index contributed by atoms with van der Waals surface area (Å²) in [5, 5.41) is 10.6. The van der Waals surface area contributed by atoms with Gasteiger partial charge in [0.1, 0.15) is 11.9 Å². The molecule has 0 aliphatic heterocycles. The number of aryl methyl sites for hydroxylation is 1. The Labute approximate surface area is 166 Å². The second kappa shape index (κ2) is 7.24. The number of pyridine rings is 1. The molecule has 4 rings (SSSR count). The summed E-state index contributed by atoms with van der Waals surface area (Å²) in [5.41, 5.74) is 3.21. The molecule has 0 amide bonds. The Balaban J connectivity index is 1.81. The zero-order chi connectivity index (χ0) is 20.5. The van der Waals surface area contributed by atoms with Crippen LogP contribution in [0.15, 0.2) is 41.2 Å². The lowest BCUT2D eigenvalue weighted by atomic mass is 10.0. The van der Waals surface area contributed by atoms with Gasteiger partial charge in [0.05, 0.1) is 36.2 Å². The van der Waals surface area contributed by atoms with Crippen molar-refractivity contribution in [2.45, 2.75) is 13.3 Å². The summed E-state index contributed by atoms with van der Waals surface area (Å²) >= 11 is 0. The number of methoxy groups -OCH3 is 2. The van der Waals surface area contributed by atoms with Crippen LogP contribution in [-0.4, -0.2) is 29.2 Å². The Kier molecular flexibility index (Phi) is 4.61. The molecule has 0 atom stereocenters. The van der Waals surface area contributed by atoms with Gasteiger partial charge in [-0.15, -0.1) is 0 Å². The van der Waals surface area contributed by atoms with Crippen LogP contribution in [0.2, 0.25) is 0 Å². The van der Waals surface area contributed by atoms with E-state index in [0.29, 0.717) is 45.7 Å². The number of fused-ring (bicyclic) bond motifs is 2. The van der Waals surface area contributed by atoms with Crippen molar-refractivity contribution in [1.82, 2.24) is 15.0 Å². The van der Waals surface area contributed by atoms with Gasteiger partial charge in [-0.1, -0.05) is 12.1 Å². The number of nitrogens with one attached hydrogen (secondary N) is 1.